The SMILES string of the molecule is Cc1nc2n(n1)CCCC2NC(=NCC1CCCCC1)NCCc1ccco1. The number of furan rings is 1. The third-order valence-corrected chi connectivity index (χ3v) is 5.77. The highest BCUT2D eigenvalue weighted by molar-refractivity contribution is 5.80. The highest BCUT2D eigenvalue weighted by atomic mass is 16.3. The molecule has 1 fully saturated rings. The molecule has 0 radical (unpaired) electrons. The molecule has 0 aromatic carbocycles. The number of aromatic nitrogens is 3. The van der Waals surface area contributed by atoms with Gasteiger partial charge in [0.2, 0.25) is 0 Å². The molecular formula is C21H32N6O. The van der Waals surface area contributed by atoms with Gasteiger partial charge in [-0.2, -0.15) is 5.10 Å². The molecule has 0 amide bonds. The summed E-state index contributed by atoms with van der Waals surface area (Å²) in [4.78, 5) is 9.59. The Morgan fingerprint density at radius 1 is 1.25 bits per heavy atom. The standard InChI is InChI=1S/C21H32N6O/c1-16-24-20-19(10-5-13-27(20)26-16)25-21(22-12-11-18-9-6-14-28-18)23-15-17-7-3-2-4-8-17/h6,9,14,17,19H,2-5,7-8,10-13,15H2,1H3,(H2,22,23,25). The molecule has 1 saturated carbocycles. The monoisotopic (exact) mass is 384 g/mol. The first-order chi connectivity index (χ1) is 13.8. The molecule has 2 N–H and O–H groups in total. The molecule has 1 aliphatic carbocycles. The Labute approximate surface area is 167 Å². The number of aryl methyl sites for hydroxylation is 2. The van der Waals surface area contributed by atoms with Crippen LogP contribution in [0.4, 0.5) is 0 Å². The van der Waals surface area contributed by atoms with Crippen LogP contribution in [0.15, 0.2) is 27.8 Å². The summed E-state index contributed by atoms with van der Waals surface area (Å²) in [5, 5.41) is 11.7. The van der Waals surface area contributed by atoms with Gasteiger partial charge in [-0.1, -0.05) is 19.3 Å². The van der Waals surface area contributed by atoms with Crippen LogP contribution in [0.2, 0.25) is 0 Å². The molecule has 2 aliphatic rings. The predicted molar refractivity (Wildman–Crippen MR) is 109 cm³/mol. The molecule has 7 heteroatoms. The molecule has 28 heavy (non-hydrogen) atoms. The molecule has 4 rings (SSSR count). The lowest BCUT2D eigenvalue weighted by atomic mass is 9.89. The smallest absolute Gasteiger partial charge is 0.191 e. The summed E-state index contributed by atoms with van der Waals surface area (Å²) < 4.78 is 7.49. The van der Waals surface area contributed by atoms with Crippen LogP contribution in [-0.4, -0.2) is 33.8 Å². The molecule has 0 saturated heterocycles. The zero-order valence-corrected chi connectivity index (χ0v) is 16.9. The highest BCUT2D eigenvalue weighted by Crippen LogP contribution is 2.25. The summed E-state index contributed by atoms with van der Waals surface area (Å²) in [6, 6.07) is 4.11. The molecule has 3 heterocycles. The van der Waals surface area contributed by atoms with E-state index in [-0.39, 0.29) is 6.04 Å². The first-order valence-electron chi connectivity index (χ1n) is 10.8. The maximum absolute atomic E-state index is 5.45. The van der Waals surface area contributed by atoms with Gasteiger partial charge in [0.05, 0.1) is 12.3 Å². The van der Waals surface area contributed by atoms with Gasteiger partial charge in [-0.05, 0) is 50.7 Å². The second-order valence-corrected chi connectivity index (χ2v) is 8.03. The molecule has 1 unspecified atom stereocenters. The van der Waals surface area contributed by atoms with Gasteiger partial charge >= 0.3 is 0 Å². The summed E-state index contributed by atoms with van der Waals surface area (Å²) in [6.07, 6.45) is 11.4. The zero-order valence-electron chi connectivity index (χ0n) is 16.9. The lowest BCUT2D eigenvalue weighted by Crippen LogP contribution is -2.42. The molecule has 0 spiro atoms. The maximum atomic E-state index is 5.45. The largest absolute Gasteiger partial charge is 0.469 e. The third-order valence-electron chi connectivity index (χ3n) is 5.77. The van der Waals surface area contributed by atoms with Gasteiger partial charge in [0.1, 0.15) is 17.4 Å². The van der Waals surface area contributed by atoms with Crippen LogP contribution >= 0.6 is 0 Å². The number of hydrogen-bond donors (Lipinski definition) is 2. The van der Waals surface area contributed by atoms with Gasteiger partial charge in [0, 0.05) is 26.1 Å². The molecule has 1 aliphatic heterocycles. The van der Waals surface area contributed by atoms with Crippen molar-refractivity contribution in [1.82, 2.24) is 25.4 Å². The van der Waals surface area contributed by atoms with Gasteiger partial charge in [-0.15, -0.1) is 0 Å². The van der Waals surface area contributed by atoms with E-state index < -0.39 is 0 Å². The number of rotatable bonds is 6. The van der Waals surface area contributed by atoms with E-state index in [2.05, 4.69) is 20.7 Å². The normalized spacial score (nSPS) is 20.8. The number of nitrogens with one attached hydrogen (secondary N) is 2. The quantitative estimate of drug-likeness (QED) is 0.590. The van der Waals surface area contributed by atoms with Crippen molar-refractivity contribution in [3.8, 4) is 0 Å². The van der Waals surface area contributed by atoms with Crippen LogP contribution in [0.3, 0.4) is 0 Å². The number of aliphatic imine (C=N–C) groups is 1. The first-order valence-corrected chi connectivity index (χ1v) is 10.8. The summed E-state index contributed by atoms with van der Waals surface area (Å²) in [5.74, 6) is 4.47. The number of fused-ring (bicyclic) bond motifs is 1. The van der Waals surface area contributed by atoms with Crippen molar-refractivity contribution >= 4 is 5.96 Å². The Bertz CT molecular complexity index is 760. The van der Waals surface area contributed by atoms with Crippen LogP contribution in [0, 0.1) is 12.8 Å². The Morgan fingerprint density at radius 3 is 2.96 bits per heavy atom. The molecule has 1 atom stereocenters. The molecule has 0 bridgehead atoms. The Hall–Kier alpha value is -2.31. The van der Waals surface area contributed by atoms with Gasteiger partial charge in [-0.25, -0.2) is 9.67 Å². The van der Waals surface area contributed by atoms with E-state index in [1.807, 2.05) is 23.7 Å². The second kappa shape index (κ2) is 9.26. The third kappa shape index (κ3) is 4.94. The lowest BCUT2D eigenvalue weighted by Gasteiger charge is -2.26. The minimum Gasteiger partial charge on any atom is -0.469 e. The summed E-state index contributed by atoms with van der Waals surface area (Å²) >= 11 is 0. The van der Waals surface area contributed by atoms with Gasteiger partial charge in [0.25, 0.3) is 0 Å². The van der Waals surface area contributed by atoms with E-state index in [9.17, 15) is 0 Å². The van der Waals surface area contributed by atoms with Crippen molar-refractivity contribution in [1.29, 1.82) is 0 Å². The first kappa shape index (κ1) is 19.0. The van der Waals surface area contributed by atoms with Crippen molar-refractivity contribution in [3.63, 3.8) is 0 Å². The predicted octanol–water partition coefficient (Wildman–Crippen LogP) is 3.37. The molecule has 2 aromatic rings. The Balaban J connectivity index is 1.41. The number of hydrogen-bond acceptors (Lipinski definition) is 4. The Kier molecular flexibility index (Phi) is 6.29. The summed E-state index contributed by atoms with van der Waals surface area (Å²) in [5.41, 5.74) is 0. The average molecular weight is 385 g/mol. The number of guanidine groups is 1. The lowest BCUT2D eigenvalue weighted by molar-refractivity contribution is 0.364. The number of nitrogens with zero attached hydrogens (tertiary/aromatic N) is 4. The summed E-state index contributed by atoms with van der Waals surface area (Å²) in [6.45, 7) is 4.61. The molecule has 152 valence electrons. The molecule has 7 nitrogen and oxygen atoms in total. The minimum absolute atomic E-state index is 0.163. The van der Waals surface area contributed by atoms with Crippen molar-refractivity contribution < 1.29 is 4.42 Å². The fourth-order valence-electron chi connectivity index (χ4n) is 4.27. The van der Waals surface area contributed by atoms with Crippen molar-refractivity contribution in [2.75, 3.05) is 13.1 Å². The average Bonchev–Trinajstić information content (AvgIpc) is 3.36. The summed E-state index contributed by atoms with van der Waals surface area (Å²) in [7, 11) is 0. The van der Waals surface area contributed by atoms with Crippen LogP contribution in [0.1, 0.15) is 68.4 Å². The van der Waals surface area contributed by atoms with E-state index in [0.717, 1.165) is 68.2 Å². The maximum Gasteiger partial charge on any atom is 0.191 e. The fourth-order valence-corrected chi connectivity index (χ4v) is 4.27. The zero-order chi connectivity index (χ0) is 19.2. The van der Waals surface area contributed by atoms with E-state index in [1.54, 1.807) is 6.26 Å². The van der Waals surface area contributed by atoms with Crippen molar-refractivity contribution in [2.24, 2.45) is 10.9 Å². The van der Waals surface area contributed by atoms with Gasteiger partial charge < -0.3 is 15.1 Å². The Morgan fingerprint density at radius 2 is 2.14 bits per heavy atom. The van der Waals surface area contributed by atoms with E-state index in [4.69, 9.17) is 9.41 Å². The van der Waals surface area contributed by atoms with E-state index >= 15 is 0 Å². The highest BCUT2D eigenvalue weighted by Gasteiger charge is 2.24. The van der Waals surface area contributed by atoms with E-state index in [1.165, 1.54) is 32.1 Å². The van der Waals surface area contributed by atoms with Gasteiger partial charge in [0.15, 0.2) is 5.96 Å². The van der Waals surface area contributed by atoms with Crippen LogP contribution in [0.5, 0.6) is 0 Å². The van der Waals surface area contributed by atoms with Crippen LogP contribution in [-0.2, 0) is 13.0 Å². The van der Waals surface area contributed by atoms with Crippen LogP contribution in [0.25, 0.3) is 0 Å². The van der Waals surface area contributed by atoms with E-state index in [0.29, 0.717) is 0 Å². The minimum atomic E-state index is 0.163. The molecular weight excluding hydrogens is 352 g/mol. The fraction of sp³-hybridized carbons (Fsp3) is 0.667. The molecule has 2 aromatic heterocycles. The van der Waals surface area contributed by atoms with Gasteiger partial charge in [-0.3, -0.25) is 4.99 Å². The second-order valence-electron chi connectivity index (χ2n) is 8.03. The van der Waals surface area contributed by atoms with Crippen molar-refractivity contribution in [3.05, 3.63) is 35.8 Å². The topological polar surface area (TPSA) is 80.3 Å². The van der Waals surface area contributed by atoms with Crippen LogP contribution < -0.4 is 10.6 Å². The van der Waals surface area contributed by atoms with Crippen molar-refractivity contribution in [2.45, 2.75) is 70.9 Å².